The number of fused-ring (bicyclic) bond motifs is 1. The highest BCUT2D eigenvalue weighted by Crippen LogP contribution is 2.30. The van der Waals surface area contributed by atoms with Gasteiger partial charge in [0.15, 0.2) is 5.65 Å². The zero-order valence-electron chi connectivity index (χ0n) is 11.0. The van der Waals surface area contributed by atoms with E-state index < -0.39 is 0 Å². The minimum atomic E-state index is 0.298. The van der Waals surface area contributed by atoms with Crippen LogP contribution in [0.4, 0.5) is 0 Å². The van der Waals surface area contributed by atoms with Gasteiger partial charge in [0.05, 0.1) is 23.1 Å². The molecule has 0 aliphatic heterocycles. The van der Waals surface area contributed by atoms with Gasteiger partial charge in [0.25, 0.3) is 0 Å². The summed E-state index contributed by atoms with van der Waals surface area (Å²) in [7, 11) is 1.63. The summed E-state index contributed by atoms with van der Waals surface area (Å²) in [6, 6.07) is 7.74. The largest absolute Gasteiger partial charge is 0.495 e. The lowest BCUT2D eigenvalue weighted by molar-refractivity contribution is 0.412. The summed E-state index contributed by atoms with van der Waals surface area (Å²) in [6.07, 6.45) is 1.74. The molecule has 0 bridgehead atoms. The molecule has 0 saturated heterocycles. The van der Waals surface area contributed by atoms with Gasteiger partial charge in [0.1, 0.15) is 17.1 Å². The number of aromatic nitrogens is 3. The Morgan fingerprint density at radius 2 is 2.10 bits per heavy atom. The van der Waals surface area contributed by atoms with Gasteiger partial charge in [-0.25, -0.2) is 9.97 Å². The van der Waals surface area contributed by atoms with E-state index in [1.807, 2.05) is 28.8 Å². The average Bonchev–Trinajstić information content (AvgIpc) is 2.85. The van der Waals surface area contributed by atoms with Crippen LogP contribution in [0, 0.1) is 0 Å². The Bertz CT molecular complexity index is 819. The second-order valence-corrected chi connectivity index (χ2v) is 6.35. The number of alkyl halides is 1. The smallest absolute Gasteiger partial charge is 0.164 e. The predicted octanol–water partition coefficient (Wildman–Crippen LogP) is 4.69. The van der Waals surface area contributed by atoms with E-state index in [2.05, 4.69) is 41.8 Å². The molecule has 7 heteroatoms. The molecule has 2 heterocycles. The predicted molar refractivity (Wildman–Crippen MR) is 90.4 cm³/mol. The lowest BCUT2D eigenvalue weighted by Gasteiger charge is -2.10. The maximum atomic E-state index is 6.03. The third-order valence-corrected chi connectivity index (χ3v) is 4.37. The second-order valence-electron chi connectivity index (χ2n) is 4.31. The number of methoxy groups -OCH3 is 1. The Kier molecular flexibility index (Phi) is 4.19. The highest BCUT2D eigenvalue weighted by molar-refractivity contribution is 9.10. The van der Waals surface area contributed by atoms with Crippen LogP contribution in [0.5, 0.6) is 5.75 Å². The van der Waals surface area contributed by atoms with E-state index >= 15 is 0 Å². The Hall–Kier alpha value is -1.11. The molecule has 1 aromatic carbocycles. The molecule has 0 N–H and O–H groups in total. The molecule has 108 valence electrons. The van der Waals surface area contributed by atoms with Crippen LogP contribution >= 0.6 is 43.5 Å². The van der Waals surface area contributed by atoms with Crippen molar-refractivity contribution >= 4 is 54.6 Å². The minimum Gasteiger partial charge on any atom is -0.495 e. The molecule has 3 aromatic rings. The van der Waals surface area contributed by atoms with Gasteiger partial charge in [-0.2, -0.15) is 0 Å². The molecular weight excluding hydrogens is 421 g/mol. The molecule has 0 fully saturated rings. The molecule has 0 radical (unpaired) electrons. The first kappa shape index (κ1) is 14.8. The van der Waals surface area contributed by atoms with Crippen molar-refractivity contribution in [1.82, 2.24) is 14.5 Å². The fourth-order valence-corrected chi connectivity index (χ4v) is 3.04. The van der Waals surface area contributed by atoms with Gasteiger partial charge in [-0.15, -0.1) is 11.6 Å². The quantitative estimate of drug-likeness (QED) is 0.565. The second kappa shape index (κ2) is 5.94. The van der Waals surface area contributed by atoms with Crippen LogP contribution in [0.3, 0.4) is 0 Å². The Labute approximate surface area is 143 Å². The molecule has 3 rings (SSSR count). The van der Waals surface area contributed by atoms with E-state index in [0.29, 0.717) is 5.88 Å². The van der Waals surface area contributed by atoms with Gasteiger partial charge in [0.2, 0.25) is 0 Å². The van der Waals surface area contributed by atoms with Crippen molar-refractivity contribution in [3.8, 4) is 11.4 Å². The summed E-state index contributed by atoms with van der Waals surface area (Å²) in [5.41, 5.74) is 2.46. The topological polar surface area (TPSA) is 39.9 Å². The van der Waals surface area contributed by atoms with Crippen LogP contribution < -0.4 is 4.74 Å². The van der Waals surface area contributed by atoms with E-state index in [-0.39, 0.29) is 0 Å². The van der Waals surface area contributed by atoms with Crippen molar-refractivity contribution < 1.29 is 4.74 Å². The molecule has 0 saturated carbocycles. The van der Waals surface area contributed by atoms with Gasteiger partial charge < -0.3 is 4.74 Å². The molecule has 0 aliphatic rings. The van der Waals surface area contributed by atoms with Crippen molar-refractivity contribution in [2.75, 3.05) is 7.11 Å². The first-order valence-corrected chi connectivity index (χ1v) is 8.19. The van der Waals surface area contributed by atoms with Crippen molar-refractivity contribution in [2.24, 2.45) is 0 Å². The van der Waals surface area contributed by atoms with Crippen LogP contribution in [-0.4, -0.2) is 21.6 Å². The summed E-state index contributed by atoms with van der Waals surface area (Å²) in [4.78, 5) is 8.98. The van der Waals surface area contributed by atoms with Gasteiger partial charge >= 0.3 is 0 Å². The van der Waals surface area contributed by atoms with Crippen molar-refractivity contribution in [2.45, 2.75) is 5.88 Å². The van der Waals surface area contributed by atoms with Crippen LogP contribution in [0.25, 0.3) is 16.9 Å². The van der Waals surface area contributed by atoms with Gasteiger partial charge in [-0.05, 0) is 50.1 Å². The third-order valence-electron chi connectivity index (χ3n) is 3.05. The zero-order valence-corrected chi connectivity index (χ0v) is 14.9. The maximum Gasteiger partial charge on any atom is 0.164 e. The molecular formula is C14H10Br2ClN3O. The van der Waals surface area contributed by atoms with Crippen LogP contribution in [-0.2, 0) is 5.88 Å². The van der Waals surface area contributed by atoms with Gasteiger partial charge in [-0.3, -0.25) is 4.57 Å². The Morgan fingerprint density at radius 1 is 1.29 bits per heavy atom. The monoisotopic (exact) mass is 429 g/mol. The fraction of sp³-hybridized carbons (Fsp3) is 0.143. The highest BCUT2D eigenvalue weighted by Gasteiger charge is 2.14. The van der Waals surface area contributed by atoms with Crippen LogP contribution in [0.15, 0.2) is 39.4 Å². The number of pyridine rings is 1. The lowest BCUT2D eigenvalue weighted by atomic mass is 10.3. The number of nitrogens with zero attached hydrogens (tertiary/aromatic N) is 3. The van der Waals surface area contributed by atoms with Crippen molar-refractivity contribution in [3.63, 3.8) is 0 Å². The number of imidazole rings is 1. The van der Waals surface area contributed by atoms with Crippen LogP contribution in [0.2, 0.25) is 0 Å². The van der Waals surface area contributed by atoms with E-state index in [1.165, 1.54) is 0 Å². The van der Waals surface area contributed by atoms with Crippen LogP contribution in [0.1, 0.15) is 5.82 Å². The third kappa shape index (κ3) is 2.67. The molecule has 0 aliphatic carbocycles. The standard InChI is InChI=1S/C14H10Br2ClN3O/c1-21-12-5-9(2-3-10(12)16)20-13(6-17)19-11-4-8(15)7-18-14(11)20/h2-5,7H,6H2,1H3. The van der Waals surface area contributed by atoms with E-state index in [0.717, 1.165) is 37.4 Å². The summed E-state index contributed by atoms with van der Waals surface area (Å²) >= 11 is 12.9. The summed E-state index contributed by atoms with van der Waals surface area (Å²) in [5.74, 6) is 1.78. The molecule has 0 unspecified atom stereocenters. The van der Waals surface area contributed by atoms with Gasteiger partial charge in [-0.1, -0.05) is 0 Å². The Balaban J connectivity index is 2.28. The SMILES string of the molecule is COc1cc(-n2c(CCl)nc3cc(Br)cnc32)ccc1Br. The molecule has 21 heavy (non-hydrogen) atoms. The first-order chi connectivity index (χ1) is 10.1. The normalized spacial score (nSPS) is 11.0. The molecule has 0 atom stereocenters. The summed E-state index contributed by atoms with van der Waals surface area (Å²) in [5, 5.41) is 0. The number of halogens is 3. The average molecular weight is 432 g/mol. The molecule has 0 amide bonds. The van der Waals surface area contributed by atoms with E-state index in [9.17, 15) is 0 Å². The first-order valence-electron chi connectivity index (χ1n) is 6.07. The minimum absolute atomic E-state index is 0.298. The lowest BCUT2D eigenvalue weighted by Crippen LogP contribution is -2.01. The number of benzene rings is 1. The van der Waals surface area contributed by atoms with Gasteiger partial charge in [0, 0.05) is 16.7 Å². The summed E-state index contributed by atoms with van der Waals surface area (Å²) < 4.78 is 9.05. The van der Waals surface area contributed by atoms with E-state index in [1.54, 1.807) is 13.3 Å². The fourth-order valence-electron chi connectivity index (χ4n) is 2.14. The molecule has 4 nitrogen and oxygen atoms in total. The number of ether oxygens (including phenoxy) is 1. The molecule has 2 aromatic heterocycles. The zero-order chi connectivity index (χ0) is 15.0. The van der Waals surface area contributed by atoms with E-state index in [4.69, 9.17) is 16.3 Å². The number of hydrogen-bond donors (Lipinski definition) is 0. The van der Waals surface area contributed by atoms with Crippen molar-refractivity contribution in [3.05, 3.63) is 45.2 Å². The number of hydrogen-bond acceptors (Lipinski definition) is 3. The Morgan fingerprint density at radius 3 is 2.81 bits per heavy atom. The highest BCUT2D eigenvalue weighted by atomic mass is 79.9. The number of rotatable bonds is 3. The maximum absolute atomic E-state index is 6.03. The van der Waals surface area contributed by atoms with Crippen molar-refractivity contribution in [1.29, 1.82) is 0 Å². The molecule has 0 spiro atoms. The summed E-state index contributed by atoms with van der Waals surface area (Å²) in [6.45, 7) is 0.